The molecule has 0 bridgehead atoms. The second-order valence-corrected chi connectivity index (χ2v) is 7.46. The SMILES string of the molecule is CCCOCCn1cc(CCNC(=O)NC[C@H](Cc2ccc(O)cc2)N(C)C)nn1. The summed E-state index contributed by atoms with van der Waals surface area (Å²) in [6.07, 6.45) is 4.28. The van der Waals surface area contributed by atoms with Crippen LogP contribution < -0.4 is 10.6 Å². The lowest BCUT2D eigenvalue weighted by Gasteiger charge is -2.25. The van der Waals surface area contributed by atoms with Gasteiger partial charge in [-0.3, -0.25) is 0 Å². The molecule has 1 atom stereocenters. The highest BCUT2D eigenvalue weighted by Gasteiger charge is 2.14. The van der Waals surface area contributed by atoms with Crippen LogP contribution in [0, 0.1) is 0 Å². The van der Waals surface area contributed by atoms with Crippen LogP contribution in [0.1, 0.15) is 24.6 Å². The van der Waals surface area contributed by atoms with E-state index in [4.69, 9.17) is 4.74 Å². The lowest BCUT2D eigenvalue weighted by Crippen LogP contribution is -2.45. The number of phenols is 1. The van der Waals surface area contributed by atoms with Crippen LogP contribution in [0.5, 0.6) is 5.75 Å². The predicted octanol–water partition coefficient (Wildman–Crippen LogP) is 1.42. The summed E-state index contributed by atoms with van der Waals surface area (Å²) in [5.74, 6) is 0.252. The lowest BCUT2D eigenvalue weighted by atomic mass is 10.1. The molecule has 166 valence electrons. The molecule has 2 amide bonds. The third kappa shape index (κ3) is 8.79. The Balaban J connectivity index is 1.67. The maximum Gasteiger partial charge on any atom is 0.314 e. The molecule has 9 nitrogen and oxygen atoms in total. The zero-order valence-electron chi connectivity index (χ0n) is 18.2. The number of nitrogens with zero attached hydrogens (tertiary/aromatic N) is 4. The number of likely N-dealkylation sites (N-methyl/N-ethyl adjacent to an activating group) is 1. The van der Waals surface area contributed by atoms with Crippen LogP contribution in [0.3, 0.4) is 0 Å². The van der Waals surface area contributed by atoms with Crippen LogP contribution in [-0.4, -0.2) is 77.5 Å². The van der Waals surface area contributed by atoms with Crippen molar-refractivity contribution in [2.75, 3.05) is 40.4 Å². The maximum atomic E-state index is 12.1. The first-order chi connectivity index (χ1) is 14.5. The Morgan fingerprint density at radius 3 is 2.70 bits per heavy atom. The number of phenolic OH excluding ortho intramolecular Hbond substituents is 1. The van der Waals surface area contributed by atoms with Crippen molar-refractivity contribution in [3.05, 3.63) is 41.7 Å². The molecule has 0 fully saturated rings. The summed E-state index contributed by atoms with van der Waals surface area (Å²) in [5.41, 5.74) is 1.95. The number of carbonyl (C=O) groups is 1. The van der Waals surface area contributed by atoms with Crippen LogP contribution >= 0.6 is 0 Å². The van der Waals surface area contributed by atoms with Crippen molar-refractivity contribution in [2.45, 2.75) is 38.8 Å². The van der Waals surface area contributed by atoms with Crippen molar-refractivity contribution in [3.63, 3.8) is 0 Å². The minimum absolute atomic E-state index is 0.148. The molecule has 2 aromatic rings. The highest BCUT2D eigenvalue weighted by molar-refractivity contribution is 5.73. The van der Waals surface area contributed by atoms with E-state index >= 15 is 0 Å². The number of carbonyl (C=O) groups excluding carboxylic acids is 1. The Morgan fingerprint density at radius 2 is 2.00 bits per heavy atom. The van der Waals surface area contributed by atoms with Gasteiger partial charge in [-0.05, 0) is 44.6 Å². The first kappa shape index (κ1) is 23.6. The van der Waals surface area contributed by atoms with Gasteiger partial charge in [-0.2, -0.15) is 0 Å². The van der Waals surface area contributed by atoms with E-state index in [1.54, 1.807) is 16.8 Å². The minimum Gasteiger partial charge on any atom is -0.508 e. The topological polar surface area (TPSA) is 105 Å². The number of aromatic nitrogens is 3. The number of urea groups is 1. The van der Waals surface area contributed by atoms with Gasteiger partial charge in [0.05, 0.1) is 18.8 Å². The molecule has 30 heavy (non-hydrogen) atoms. The molecule has 1 aromatic carbocycles. The van der Waals surface area contributed by atoms with E-state index in [1.165, 1.54) is 0 Å². The smallest absolute Gasteiger partial charge is 0.314 e. The van der Waals surface area contributed by atoms with Gasteiger partial charge in [0.25, 0.3) is 0 Å². The monoisotopic (exact) mass is 418 g/mol. The van der Waals surface area contributed by atoms with E-state index in [-0.39, 0.29) is 17.8 Å². The zero-order valence-corrected chi connectivity index (χ0v) is 18.2. The van der Waals surface area contributed by atoms with Gasteiger partial charge in [-0.1, -0.05) is 24.3 Å². The van der Waals surface area contributed by atoms with Gasteiger partial charge < -0.3 is 25.4 Å². The highest BCUT2D eigenvalue weighted by atomic mass is 16.5. The van der Waals surface area contributed by atoms with Gasteiger partial charge in [0, 0.05) is 38.4 Å². The van der Waals surface area contributed by atoms with Crippen molar-refractivity contribution < 1.29 is 14.6 Å². The summed E-state index contributed by atoms with van der Waals surface area (Å²) < 4.78 is 7.21. The Bertz CT molecular complexity index is 747. The van der Waals surface area contributed by atoms with Crippen molar-refractivity contribution in [1.29, 1.82) is 0 Å². The fraction of sp³-hybridized carbons (Fsp3) is 0.571. The summed E-state index contributed by atoms with van der Waals surface area (Å²) in [6.45, 7) is 5.13. The molecule has 0 aliphatic rings. The van der Waals surface area contributed by atoms with Gasteiger partial charge in [0.1, 0.15) is 5.75 Å². The molecule has 0 radical (unpaired) electrons. The van der Waals surface area contributed by atoms with Crippen LogP contribution in [0.4, 0.5) is 4.79 Å². The largest absolute Gasteiger partial charge is 0.508 e. The molecular weight excluding hydrogens is 384 g/mol. The van der Waals surface area contributed by atoms with E-state index < -0.39 is 0 Å². The van der Waals surface area contributed by atoms with Crippen molar-refractivity contribution in [3.8, 4) is 5.75 Å². The molecule has 0 unspecified atom stereocenters. The first-order valence-electron chi connectivity index (χ1n) is 10.4. The summed E-state index contributed by atoms with van der Waals surface area (Å²) in [4.78, 5) is 14.2. The number of hydrogen-bond donors (Lipinski definition) is 3. The molecule has 0 spiro atoms. The van der Waals surface area contributed by atoms with Gasteiger partial charge in [-0.15, -0.1) is 5.10 Å². The molecule has 0 aliphatic carbocycles. The van der Waals surface area contributed by atoms with E-state index in [0.717, 1.165) is 30.7 Å². The summed E-state index contributed by atoms with van der Waals surface area (Å²) in [5, 5.41) is 23.4. The van der Waals surface area contributed by atoms with E-state index in [2.05, 4.69) is 32.8 Å². The van der Waals surface area contributed by atoms with Gasteiger partial charge in [0.15, 0.2) is 0 Å². The highest BCUT2D eigenvalue weighted by Crippen LogP contribution is 2.12. The Kier molecular flexibility index (Phi) is 10.1. The van der Waals surface area contributed by atoms with Crippen LogP contribution in [-0.2, 0) is 24.1 Å². The van der Waals surface area contributed by atoms with Crippen molar-refractivity contribution in [2.24, 2.45) is 0 Å². The lowest BCUT2D eigenvalue weighted by molar-refractivity contribution is 0.124. The number of amides is 2. The van der Waals surface area contributed by atoms with Crippen LogP contribution in [0.25, 0.3) is 0 Å². The number of nitrogens with one attached hydrogen (secondary N) is 2. The third-order valence-corrected chi connectivity index (χ3v) is 4.70. The Hall–Kier alpha value is -2.65. The second kappa shape index (κ2) is 12.8. The molecule has 3 N–H and O–H groups in total. The number of rotatable bonds is 13. The predicted molar refractivity (Wildman–Crippen MR) is 116 cm³/mol. The molecule has 9 heteroatoms. The van der Waals surface area contributed by atoms with Crippen LogP contribution in [0.2, 0.25) is 0 Å². The zero-order chi connectivity index (χ0) is 21.8. The van der Waals surface area contributed by atoms with Gasteiger partial charge in [-0.25, -0.2) is 9.48 Å². The summed E-state index contributed by atoms with van der Waals surface area (Å²) in [7, 11) is 3.97. The van der Waals surface area contributed by atoms with Crippen LogP contribution in [0.15, 0.2) is 30.5 Å². The van der Waals surface area contributed by atoms with E-state index in [9.17, 15) is 9.90 Å². The molecule has 1 heterocycles. The number of ether oxygens (including phenoxy) is 1. The molecular formula is C21H34N6O3. The van der Waals surface area contributed by atoms with E-state index in [1.807, 2.05) is 32.4 Å². The standard InChI is InChI=1S/C21H34N6O3/c1-4-12-30-13-11-27-16-18(24-25-27)9-10-22-21(29)23-15-19(26(2)3)14-17-5-7-20(28)8-6-17/h5-8,16,19,28H,4,9-15H2,1-3H3,(H2,22,23,29)/t19-/m0/s1. The molecule has 0 saturated carbocycles. The fourth-order valence-electron chi connectivity index (χ4n) is 2.89. The molecule has 0 saturated heterocycles. The Labute approximate surface area is 178 Å². The van der Waals surface area contributed by atoms with Gasteiger partial charge >= 0.3 is 6.03 Å². The molecule has 0 aliphatic heterocycles. The minimum atomic E-state index is -0.201. The normalized spacial score (nSPS) is 12.1. The second-order valence-electron chi connectivity index (χ2n) is 7.46. The first-order valence-corrected chi connectivity index (χ1v) is 10.4. The molecule has 2 rings (SSSR count). The summed E-state index contributed by atoms with van der Waals surface area (Å²) in [6, 6.07) is 7.10. The number of benzene rings is 1. The fourth-order valence-corrected chi connectivity index (χ4v) is 2.89. The van der Waals surface area contributed by atoms with Gasteiger partial charge in [0.2, 0.25) is 0 Å². The molecule has 1 aromatic heterocycles. The quantitative estimate of drug-likeness (QED) is 0.425. The number of aromatic hydroxyl groups is 1. The van der Waals surface area contributed by atoms with Crippen molar-refractivity contribution >= 4 is 6.03 Å². The van der Waals surface area contributed by atoms with E-state index in [0.29, 0.717) is 32.7 Å². The average molecular weight is 419 g/mol. The Morgan fingerprint density at radius 1 is 1.23 bits per heavy atom. The average Bonchev–Trinajstić information content (AvgIpc) is 3.17. The van der Waals surface area contributed by atoms with Crippen molar-refractivity contribution in [1.82, 2.24) is 30.5 Å². The maximum absolute atomic E-state index is 12.1. The number of hydrogen-bond acceptors (Lipinski definition) is 6. The third-order valence-electron chi connectivity index (χ3n) is 4.70. The summed E-state index contributed by atoms with van der Waals surface area (Å²) >= 11 is 0.